The lowest BCUT2D eigenvalue weighted by molar-refractivity contribution is -0.143. The molecule has 0 spiro atoms. The topological polar surface area (TPSA) is 63.2 Å². The van der Waals surface area contributed by atoms with Crippen LogP contribution in [0, 0.1) is 5.92 Å². The van der Waals surface area contributed by atoms with Crippen LogP contribution in [0.5, 0.6) is 0 Å². The summed E-state index contributed by atoms with van der Waals surface area (Å²) < 4.78 is 0. The van der Waals surface area contributed by atoms with E-state index in [1.807, 2.05) is 6.92 Å². The fourth-order valence-electron chi connectivity index (χ4n) is 1.23. The molecule has 0 aliphatic rings. The zero-order valence-corrected chi connectivity index (χ0v) is 9.63. The molecular weight excluding hydrogens is 194 g/mol. The van der Waals surface area contributed by atoms with E-state index in [1.54, 1.807) is 13.8 Å². The van der Waals surface area contributed by atoms with Gasteiger partial charge in [0.15, 0.2) is 5.78 Å². The molecule has 0 aromatic heterocycles. The second-order valence-corrected chi connectivity index (χ2v) is 3.39. The van der Waals surface area contributed by atoms with Crippen LogP contribution in [0.1, 0.15) is 40.0 Å². The zero-order chi connectivity index (χ0) is 11.8. The molecule has 15 heavy (non-hydrogen) atoms. The van der Waals surface area contributed by atoms with E-state index in [2.05, 4.69) is 5.32 Å². The summed E-state index contributed by atoms with van der Waals surface area (Å²) in [7, 11) is 0. The Labute approximate surface area is 90.4 Å². The van der Waals surface area contributed by atoms with Crippen LogP contribution < -0.4 is 5.32 Å². The minimum atomic E-state index is -0.802. The van der Waals surface area contributed by atoms with Crippen molar-refractivity contribution in [2.24, 2.45) is 5.92 Å². The second-order valence-electron chi connectivity index (χ2n) is 3.39. The number of carbonyl (C=O) groups excluding carboxylic acids is 3. The number of nitrogens with one attached hydrogen (secondary N) is 1. The highest BCUT2D eigenvalue weighted by Crippen LogP contribution is 2.06. The van der Waals surface area contributed by atoms with Gasteiger partial charge in [-0.2, -0.15) is 0 Å². The summed E-state index contributed by atoms with van der Waals surface area (Å²) in [6, 6.07) is 0. The van der Waals surface area contributed by atoms with Gasteiger partial charge in [0.1, 0.15) is 5.92 Å². The van der Waals surface area contributed by atoms with Crippen molar-refractivity contribution in [2.75, 3.05) is 6.54 Å². The monoisotopic (exact) mass is 213 g/mol. The first kappa shape index (κ1) is 13.8. The molecule has 0 heterocycles. The summed E-state index contributed by atoms with van der Waals surface area (Å²) in [5.41, 5.74) is 0. The van der Waals surface area contributed by atoms with Gasteiger partial charge in [-0.05, 0) is 12.8 Å². The minimum Gasteiger partial charge on any atom is -0.355 e. The molecular formula is C11H19NO3. The summed E-state index contributed by atoms with van der Waals surface area (Å²) in [5.74, 6) is -2.16. The molecule has 1 amide bonds. The molecule has 0 rings (SSSR count). The van der Waals surface area contributed by atoms with E-state index in [4.69, 9.17) is 0 Å². The van der Waals surface area contributed by atoms with Crippen molar-refractivity contribution in [2.45, 2.75) is 40.0 Å². The third-order valence-electron chi connectivity index (χ3n) is 2.19. The first-order valence-corrected chi connectivity index (χ1v) is 5.43. The molecule has 0 bridgehead atoms. The van der Waals surface area contributed by atoms with Crippen molar-refractivity contribution in [3.05, 3.63) is 0 Å². The number of carbonyl (C=O) groups is 3. The van der Waals surface area contributed by atoms with Crippen LogP contribution in [0.25, 0.3) is 0 Å². The molecule has 0 aliphatic carbocycles. The standard InChI is InChI=1S/C11H19NO3/c1-4-7-12-11(15)8(5-2)10(14)9(13)6-3/h8H,4-7H2,1-3H3,(H,12,15). The number of rotatable bonds is 7. The van der Waals surface area contributed by atoms with Gasteiger partial charge in [-0.1, -0.05) is 20.8 Å². The van der Waals surface area contributed by atoms with Crippen LogP contribution in [0.4, 0.5) is 0 Å². The van der Waals surface area contributed by atoms with Crippen molar-refractivity contribution in [1.29, 1.82) is 0 Å². The zero-order valence-electron chi connectivity index (χ0n) is 9.63. The average molecular weight is 213 g/mol. The lowest BCUT2D eigenvalue weighted by atomic mass is 9.96. The number of amides is 1. The smallest absolute Gasteiger partial charge is 0.231 e. The molecule has 4 nitrogen and oxygen atoms in total. The molecule has 0 fully saturated rings. The third kappa shape index (κ3) is 4.23. The van der Waals surface area contributed by atoms with E-state index in [9.17, 15) is 14.4 Å². The Morgan fingerprint density at radius 2 is 1.73 bits per heavy atom. The molecule has 86 valence electrons. The molecule has 1 atom stereocenters. The SMILES string of the molecule is CCCNC(=O)C(CC)C(=O)C(=O)CC. The van der Waals surface area contributed by atoms with Gasteiger partial charge in [0.05, 0.1) is 0 Å². The van der Waals surface area contributed by atoms with Gasteiger partial charge >= 0.3 is 0 Å². The predicted molar refractivity (Wildman–Crippen MR) is 57.4 cm³/mol. The lowest BCUT2D eigenvalue weighted by Crippen LogP contribution is -2.38. The van der Waals surface area contributed by atoms with Crippen LogP contribution in [0.3, 0.4) is 0 Å². The third-order valence-corrected chi connectivity index (χ3v) is 2.19. The minimum absolute atomic E-state index is 0.163. The maximum atomic E-state index is 11.5. The number of ketones is 2. The maximum Gasteiger partial charge on any atom is 0.231 e. The van der Waals surface area contributed by atoms with Gasteiger partial charge in [-0.25, -0.2) is 0 Å². The van der Waals surface area contributed by atoms with Crippen LogP contribution in [0.15, 0.2) is 0 Å². The van der Waals surface area contributed by atoms with Gasteiger partial charge in [-0.15, -0.1) is 0 Å². The Hall–Kier alpha value is -1.19. The summed E-state index contributed by atoms with van der Waals surface area (Å²) in [4.78, 5) is 34.2. The first-order chi connectivity index (χ1) is 7.08. The molecule has 0 saturated heterocycles. The molecule has 4 heteroatoms. The van der Waals surface area contributed by atoms with Crippen molar-refractivity contribution < 1.29 is 14.4 Å². The van der Waals surface area contributed by atoms with Gasteiger partial charge in [0, 0.05) is 13.0 Å². The van der Waals surface area contributed by atoms with Crippen LogP contribution in [-0.4, -0.2) is 24.0 Å². The number of hydrogen-bond acceptors (Lipinski definition) is 3. The van der Waals surface area contributed by atoms with Crippen molar-refractivity contribution >= 4 is 17.5 Å². The van der Waals surface area contributed by atoms with E-state index in [0.29, 0.717) is 13.0 Å². The molecule has 0 saturated carbocycles. The quantitative estimate of drug-likeness (QED) is 0.508. The Bertz CT molecular complexity index is 248. The summed E-state index contributed by atoms with van der Waals surface area (Å²) >= 11 is 0. The lowest BCUT2D eigenvalue weighted by Gasteiger charge is -2.12. The van der Waals surface area contributed by atoms with Gasteiger partial charge < -0.3 is 5.32 Å². The average Bonchev–Trinajstić information content (AvgIpc) is 2.25. The second kappa shape index (κ2) is 7.15. The predicted octanol–water partition coefficient (Wildman–Crippen LogP) is 1.09. The summed E-state index contributed by atoms with van der Waals surface area (Å²) in [6.45, 7) is 5.83. The molecule has 0 aromatic carbocycles. The van der Waals surface area contributed by atoms with E-state index < -0.39 is 17.5 Å². The van der Waals surface area contributed by atoms with Crippen LogP contribution in [0.2, 0.25) is 0 Å². The van der Waals surface area contributed by atoms with Gasteiger partial charge in [0.2, 0.25) is 11.7 Å². The molecule has 1 N–H and O–H groups in total. The molecule has 1 unspecified atom stereocenters. The van der Waals surface area contributed by atoms with E-state index >= 15 is 0 Å². The van der Waals surface area contributed by atoms with Gasteiger partial charge in [-0.3, -0.25) is 14.4 Å². The normalized spacial score (nSPS) is 11.9. The molecule has 0 aliphatic heterocycles. The highest BCUT2D eigenvalue weighted by molar-refractivity contribution is 6.41. The van der Waals surface area contributed by atoms with Crippen LogP contribution >= 0.6 is 0 Å². The fraction of sp³-hybridized carbons (Fsp3) is 0.727. The number of hydrogen-bond donors (Lipinski definition) is 1. The van der Waals surface area contributed by atoms with Gasteiger partial charge in [0.25, 0.3) is 0 Å². The Balaban J connectivity index is 4.40. The van der Waals surface area contributed by atoms with Crippen molar-refractivity contribution in [3.63, 3.8) is 0 Å². The first-order valence-electron chi connectivity index (χ1n) is 5.43. The Kier molecular flexibility index (Phi) is 6.58. The summed E-state index contributed by atoms with van der Waals surface area (Å²) in [6.07, 6.45) is 1.36. The summed E-state index contributed by atoms with van der Waals surface area (Å²) in [5, 5.41) is 2.63. The maximum absolute atomic E-state index is 11.5. The highest BCUT2D eigenvalue weighted by atomic mass is 16.2. The van der Waals surface area contributed by atoms with E-state index in [0.717, 1.165) is 6.42 Å². The highest BCUT2D eigenvalue weighted by Gasteiger charge is 2.28. The Morgan fingerprint density at radius 1 is 1.13 bits per heavy atom. The largest absolute Gasteiger partial charge is 0.355 e. The fourth-order valence-corrected chi connectivity index (χ4v) is 1.23. The molecule has 0 aromatic rings. The Morgan fingerprint density at radius 3 is 2.13 bits per heavy atom. The van der Waals surface area contributed by atoms with E-state index in [1.165, 1.54) is 0 Å². The van der Waals surface area contributed by atoms with E-state index in [-0.39, 0.29) is 12.3 Å². The number of Topliss-reactive ketones (excluding diaryl/α,β-unsaturated/α-hetero) is 2. The van der Waals surface area contributed by atoms with Crippen molar-refractivity contribution in [3.8, 4) is 0 Å². The van der Waals surface area contributed by atoms with Crippen molar-refractivity contribution in [1.82, 2.24) is 5.32 Å². The van der Waals surface area contributed by atoms with Crippen LogP contribution in [-0.2, 0) is 14.4 Å². The molecule has 0 radical (unpaired) electrons.